The van der Waals surface area contributed by atoms with Gasteiger partial charge in [-0.05, 0) is 6.07 Å². The van der Waals surface area contributed by atoms with Crippen LogP contribution in [0.25, 0.3) is 11.0 Å². The van der Waals surface area contributed by atoms with E-state index in [0.717, 1.165) is 5.52 Å². The molecule has 5 N–H and O–H groups in total. The molecule has 0 radical (unpaired) electrons. The van der Waals surface area contributed by atoms with Crippen molar-refractivity contribution in [3.05, 3.63) is 18.1 Å². The minimum absolute atomic E-state index is 0.0775. The van der Waals surface area contributed by atoms with Gasteiger partial charge in [0.05, 0.1) is 11.9 Å². The van der Waals surface area contributed by atoms with Gasteiger partial charge in [0.25, 0.3) is 0 Å². The Kier molecular flexibility index (Phi) is 1.81. The number of nitrogens with one attached hydrogen (secondary N) is 1. The maximum absolute atomic E-state index is 10.6. The molecule has 2 heterocycles. The van der Waals surface area contributed by atoms with Crippen molar-refractivity contribution in [1.29, 1.82) is 0 Å². The molecule has 0 saturated heterocycles. The summed E-state index contributed by atoms with van der Waals surface area (Å²) >= 11 is 0. The van der Waals surface area contributed by atoms with Crippen molar-refractivity contribution >= 4 is 22.8 Å². The first kappa shape index (κ1) is 8.49. The zero-order chi connectivity index (χ0) is 10.1. The number of anilines is 1. The molecule has 0 bridgehead atoms. The normalized spacial score (nSPS) is 10.6. The van der Waals surface area contributed by atoms with E-state index < -0.39 is 5.91 Å². The minimum Gasteiger partial charge on any atom is -0.382 e. The van der Waals surface area contributed by atoms with E-state index >= 15 is 0 Å². The van der Waals surface area contributed by atoms with Crippen molar-refractivity contribution in [1.82, 2.24) is 15.0 Å². The van der Waals surface area contributed by atoms with Gasteiger partial charge < -0.3 is 16.5 Å². The average Bonchev–Trinajstić information content (AvgIpc) is 2.47. The Balaban J connectivity index is 2.51. The Labute approximate surface area is 79.3 Å². The molecule has 1 amide bonds. The number of rotatable bonds is 2. The lowest BCUT2D eigenvalue weighted by Crippen LogP contribution is -2.14. The van der Waals surface area contributed by atoms with Gasteiger partial charge in [-0.15, -0.1) is 0 Å². The van der Waals surface area contributed by atoms with Gasteiger partial charge in [0.2, 0.25) is 5.91 Å². The standard InChI is InChI=1S/C8H9N5O/c9-5(14)3-6-12-4-1-2-11-8(10)7(4)13-6/h1-2H,3H2,(H2,9,14)(H2,10,11)(H,12,13). The fourth-order valence-corrected chi connectivity index (χ4v) is 1.26. The molecule has 2 aromatic rings. The number of hydrogen-bond acceptors (Lipinski definition) is 4. The lowest BCUT2D eigenvalue weighted by molar-refractivity contribution is -0.117. The summed E-state index contributed by atoms with van der Waals surface area (Å²) in [5, 5.41) is 0. The largest absolute Gasteiger partial charge is 0.382 e. The van der Waals surface area contributed by atoms with Crippen molar-refractivity contribution < 1.29 is 4.79 Å². The number of hydrogen-bond donors (Lipinski definition) is 3. The molecule has 14 heavy (non-hydrogen) atoms. The second kappa shape index (κ2) is 2.99. The summed E-state index contributed by atoms with van der Waals surface area (Å²) in [5.41, 5.74) is 12.0. The van der Waals surface area contributed by atoms with Crippen molar-refractivity contribution in [2.45, 2.75) is 6.42 Å². The number of aromatic nitrogens is 3. The predicted molar refractivity (Wildman–Crippen MR) is 51.2 cm³/mol. The number of nitrogen functional groups attached to an aromatic ring is 1. The summed E-state index contributed by atoms with van der Waals surface area (Å²) in [5.74, 6) is 0.414. The lowest BCUT2D eigenvalue weighted by atomic mass is 10.4. The van der Waals surface area contributed by atoms with Crippen LogP contribution >= 0.6 is 0 Å². The van der Waals surface area contributed by atoms with Crippen LogP contribution in [0.5, 0.6) is 0 Å². The van der Waals surface area contributed by atoms with E-state index in [-0.39, 0.29) is 6.42 Å². The van der Waals surface area contributed by atoms with Crippen molar-refractivity contribution in [3.63, 3.8) is 0 Å². The number of pyridine rings is 1. The van der Waals surface area contributed by atoms with Crippen LogP contribution in [0.4, 0.5) is 5.82 Å². The maximum atomic E-state index is 10.6. The number of fused-ring (bicyclic) bond motifs is 1. The Bertz CT molecular complexity index is 489. The first-order valence-corrected chi connectivity index (χ1v) is 4.04. The van der Waals surface area contributed by atoms with E-state index in [1.54, 1.807) is 12.3 Å². The molecule has 0 spiro atoms. The zero-order valence-corrected chi connectivity index (χ0v) is 7.32. The number of H-pyrrole nitrogens is 1. The van der Waals surface area contributed by atoms with E-state index in [4.69, 9.17) is 11.5 Å². The molecular formula is C8H9N5O. The molecule has 0 fully saturated rings. The molecule has 72 valence electrons. The molecular weight excluding hydrogens is 182 g/mol. The highest BCUT2D eigenvalue weighted by Crippen LogP contribution is 2.15. The van der Waals surface area contributed by atoms with Gasteiger partial charge in [-0.1, -0.05) is 0 Å². The molecule has 0 aliphatic heterocycles. The van der Waals surface area contributed by atoms with Crippen LogP contribution in [0.3, 0.4) is 0 Å². The molecule has 0 aliphatic carbocycles. The van der Waals surface area contributed by atoms with Gasteiger partial charge in [-0.3, -0.25) is 4.79 Å². The molecule has 6 nitrogen and oxygen atoms in total. The SMILES string of the molecule is NC(=O)Cc1nc2c(N)nccc2[nH]1. The average molecular weight is 191 g/mol. The molecule has 0 atom stereocenters. The molecule has 2 rings (SSSR count). The Morgan fingerprint density at radius 3 is 3.00 bits per heavy atom. The topological polar surface area (TPSA) is 111 Å². The van der Waals surface area contributed by atoms with Gasteiger partial charge in [-0.25, -0.2) is 9.97 Å². The van der Waals surface area contributed by atoms with Crippen LogP contribution in [-0.4, -0.2) is 20.9 Å². The van der Waals surface area contributed by atoms with Crippen LogP contribution in [0.1, 0.15) is 5.82 Å². The third-order valence-electron chi connectivity index (χ3n) is 1.82. The van der Waals surface area contributed by atoms with E-state index in [9.17, 15) is 4.79 Å². The quantitative estimate of drug-likeness (QED) is 0.597. The van der Waals surface area contributed by atoms with Crippen molar-refractivity contribution in [2.24, 2.45) is 5.73 Å². The Morgan fingerprint density at radius 2 is 2.36 bits per heavy atom. The zero-order valence-electron chi connectivity index (χ0n) is 7.32. The summed E-state index contributed by atoms with van der Waals surface area (Å²) < 4.78 is 0. The summed E-state index contributed by atoms with van der Waals surface area (Å²) in [4.78, 5) is 21.6. The minimum atomic E-state index is -0.435. The molecule has 2 aromatic heterocycles. The third kappa shape index (κ3) is 1.37. The fraction of sp³-hybridized carbons (Fsp3) is 0.125. The van der Waals surface area contributed by atoms with Crippen LogP contribution < -0.4 is 11.5 Å². The third-order valence-corrected chi connectivity index (χ3v) is 1.82. The maximum Gasteiger partial charge on any atom is 0.225 e. The van der Waals surface area contributed by atoms with Gasteiger partial charge in [0.1, 0.15) is 11.3 Å². The van der Waals surface area contributed by atoms with Crippen molar-refractivity contribution in [2.75, 3.05) is 5.73 Å². The van der Waals surface area contributed by atoms with Gasteiger partial charge in [-0.2, -0.15) is 0 Å². The van der Waals surface area contributed by atoms with Gasteiger partial charge >= 0.3 is 0 Å². The predicted octanol–water partition coefficient (Wildman–Crippen LogP) is -0.432. The number of aromatic amines is 1. The monoisotopic (exact) mass is 191 g/mol. The van der Waals surface area contributed by atoms with E-state index in [2.05, 4.69) is 15.0 Å². The Hall–Kier alpha value is -2.11. The molecule has 6 heteroatoms. The summed E-state index contributed by atoms with van der Waals surface area (Å²) in [7, 11) is 0. The summed E-state index contributed by atoms with van der Waals surface area (Å²) in [6.45, 7) is 0. The first-order chi connectivity index (χ1) is 6.66. The number of carbonyl (C=O) groups is 1. The second-order valence-corrected chi connectivity index (χ2v) is 2.92. The smallest absolute Gasteiger partial charge is 0.225 e. The van der Waals surface area contributed by atoms with E-state index in [1.807, 2.05) is 0 Å². The fourth-order valence-electron chi connectivity index (χ4n) is 1.26. The molecule has 0 unspecified atom stereocenters. The highest BCUT2D eigenvalue weighted by Gasteiger charge is 2.07. The lowest BCUT2D eigenvalue weighted by Gasteiger charge is -1.89. The highest BCUT2D eigenvalue weighted by molar-refractivity contribution is 5.85. The number of imidazole rings is 1. The first-order valence-electron chi connectivity index (χ1n) is 4.04. The second-order valence-electron chi connectivity index (χ2n) is 2.92. The number of primary amides is 1. The summed E-state index contributed by atoms with van der Waals surface area (Å²) in [6.07, 6.45) is 1.65. The van der Waals surface area contributed by atoms with E-state index in [0.29, 0.717) is 17.2 Å². The molecule has 0 aromatic carbocycles. The number of amides is 1. The molecule has 0 saturated carbocycles. The summed E-state index contributed by atoms with van der Waals surface area (Å²) in [6, 6.07) is 1.74. The Morgan fingerprint density at radius 1 is 1.57 bits per heavy atom. The van der Waals surface area contributed by atoms with E-state index in [1.165, 1.54) is 0 Å². The van der Waals surface area contributed by atoms with Gasteiger partial charge in [0.15, 0.2) is 5.82 Å². The van der Waals surface area contributed by atoms with Crippen LogP contribution in [0.2, 0.25) is 0 Å². The van der Waals surface area contributed by atoms with Crippen LogP contribution in [-0.2, 0) is 11.2 Å². The number of nitrogens with two attached hydrogens (primary N) is 2. The highest BCUT2D eigenvalue weighted by atomic mass is 16.1. The van der Waals surface area contributed by atoms with Gasteiger partial charge in [0, 0.05) is 6.20 Å². The van der Waals surface area contributed by atoms with Crippen LogP contribution in [0, 0.1) is 0 Å². The number of nitrogens with zero attached hydrogens (tertiary/aromatic N) is 2. The number of carbonyl (C=O) groups excluding carboxylic acids is 1. The van der Waals surface area contributed by atoms with Crippen molar-refractivity contribution in [3.8, 4) is 0 Å². The molecule has 0 aliphatic rings. The van der Waals surface area contributed by atoms with Crippen LogP contribution in [0.15, 0.2) is 12.3 Å².